The fraction of sp³-hybridized carbons (Fsp3) is 0.600. The molecule has 0 amide bonds. The summed E-state index contributed by atoms with van der Waals surface area (Å²) in [6.07, 6.45) is -2.62. The molecule has 0 spiro atoms. The zero-order valence-electron chi connectivity index (χ0n) is 13.7. The van der Waals surface area contributed by atoms with Gasteiger partial charge in [0.2, 0.25) is 0 Å². The molecule has 0 fully saturated rings. The summed E-state index contributed by atoms with van der Waals surface area (Å²) in [6.45, 7) is 6.38. The minimum atomic E-state index is -1.12. The quantitative estimate of drug-likeness (QED) is 0.421. The van der Waals surface area contributed by atoms with Gasteiger partial charge in [0.05, 0.1) is 0 Å². The Hall–Kier alpha value is -2.38. The first kappa shape index (κ1) is 18.7. The van der Waals surface area contributed by atoms with Crippen LogP contribution in [0.2, 0.25) is 0 Å². The topological polar surface area (TPSA) is 105 Å². The van der Waals surface area contributed by atoms with Gasteiger partial charge in [0, 0.05) is 27.7 Å². The number of rotatable bonds is 4. The van der Waals surface area contributed by atoms with Crippen LogP contribution in [0.4, 0.5) is 0 Å². The van der Waals surface area contributed by atoms with Crippen LogP contribution in [0.15, 0.2) is 11.6 Å². The van der Waals surface area contributed by atoms with Crippen molar-refractivity contribution in [1.29, 1.82) is 0 Å². The molecule has 1 rings (SSSR count). The number of esters is 4. The van der Waals surface area contributed by atoms with Gasteiger partial charge in [0.25, 0.3) is 0 Å². The standard InChI is InChI=1S/C15H20O8/c1-7-6-12(20-8(2)16)14(22-10(4)18)15(23-11(5)19)13(7)21-9(3)17/h6,12-15H,1-5H3/t12-,13-,14-,15-/m0/s1. The maximum absolute atomic E-state index is 11.4. The second-order valence-electron chi connectivity index (χ2n) is 5.16. The Morgan fingerprint density at radius 1 is 0.739 bits per heavy atom. The molecule has 0 saturated heterocycles. The lowest BCUT2D eigenvalue weighted by molar-refractivity contribution is -0.194. The Morgan fingerprint density at radius 2 is 1.17 bits per heavy atom. The van der Waals surface area contributed by atoms with Crippen LogP contribution in [0.1, 0.15) is 34.6 Å². The van der Waals surface area contributed by atoms with Crippen LogP contribution in [0, 0.1) is 0 Å². The van der Waals surface area contributed by atoms with Crippen LogP contribution >= 0.6 is 0 Å². The summed E-state index contributed by atoms with van der Waals surface area (Å²) < 4.78 is 20.6. The Labute approximate surface area is 133 Å². The highest BCUT2D eigenvalue weighted by Gasteiger charge is 2.46. The average molecular weight is 328 g/mol. The maximum atomic E-state index is 11.4. The fourth-order valence-corrected chi connectivity index (χ4v) is 2.34. The van der Waals surface area contributed by atoms with Crippen LogP contribution in [0.25, 0.3) is 0 Å². The van der Waals surface area contributed by atoms with Gasteiger partial charge in [0.15, 0.2) is 24.4 Å². The van der Waals surface area contributed by atoms with E-state index in [4.69, 9.17) is 18.9 Å². The lowest BCUT2D eigenvalue weighted by atomic mass is 9.89. The molecule has 0 aromatic rings. The van der Waals surface area contributed by atoms with Crippen LogP contribution < -0.4 is 0 Å². The average Bonchev–Trinajstić information content (AvgIpc) is 2.36. The van der Waals surface area contributed by atoms with Crippen molar-refractivity contribution in [3.05, 3.63) is 11.6 Å². The molecule has 1 aliphatic carbocycles. The Kier molecular flexibility index (Phi) is 6.29. The van der Waals surface area contributed by atoms with Crippen LogP contribution in [-0.2, 0) is 38.1 Å². The van der Waals surface area contributed by atoms with Crippen molar-refractivity contribution in [3.8, 4) is 0 Å². The third-order valence-electron chi connectivity index (χ3n) is 3.02. The molecule has 23 heavy (non-hydrogen) atoms. The maximum Gasteiger partial charge on any atom is 0.303 e. The Morgan fingerprint density at radius 3 is 1.61 bits per heavy atom. The lowest BCUT2D eigenvalue weighted by Crippen LogP contribution is -2.54. The van der Waals surface area contributed by atoms with E-state index in [9.17, 15) is 19.2 Å². The number of carbonyl (C=O) groups is 4. The molecule has 0 aromatic heterocycles. The molecular weight excluding hydrogens is 308 g/mol. The molecule has 8 heteroatoms. The molecular formula is C15H20O8. The predicted octanol–water partition coefficient (Wildman–Crippen LogP) is 0.673. The van der Waals surface area contributed by atoms with E-state index >= 15 is 0 Å². The fourth-order valence-electron chi connectivity index (χ4n) is 2.34. The molecule has 0 aromatic carbocycles. The van der Waals surface area contributed by atoms with Crippen molar-refractivity contribution < 1.29 is 38.1 Å². The molecule has 4 atom stereocenters. The van der Waals surface area contributed by atoms with E-state index in [1.165, 1.54) is 33.8 Å². The van der Waals surface area contributed by atoms with Crippen molar-refractivity contribution in [3.63, 3.8) is 0 Å². The SMILES string of the molecule is CC(=O)O[C@@H]1[C@@H](OC(C)=O)[C@@H](OC(C)=O)C(C)=C[C@@H]1OC(C)=O. The Bertz CT molecular complexity index is 536. The van der Waals surface area contributed by atoms with Gasteiger partial charge in [-0.15, -0.1) is 0 Å². The molecule has 0 heterocycles. The molecule has 0 N–H and O–H groups in total. The summed E-state index contributed by atoms with van der Waals surface area (Å²) in [5.74, 6) is -2.49. The van der Waals surface area contributed by atoms with E-state index in [0.29, 0.717) is 5.57 Å². The number of ether oxygens (including phenoxy) is 4. The number of hydrogen-bond donors (Lipinski definition) is 0. The van der Waals surface area contributed by atoms with Gasteiger partial charge in [-0.3, -0.25) is 19.2 Å². The first-order chi connectivity index (χ1) is 10.6. The van der Waals surface area contributed by atoms with E-state index in [2.05, 4.69) is 0 Å². The van der Waals surface area contributed by atoms with Gasteiger partial charge >= 0.3 is 23.9 Å². The number of hydrogen-bond acceptors (Lipinski definition) is 8. The minimum Gasteiger partial charge on any atom is -0.454 e. The van der Waals surface area contributed by atoms with Crippen molar-refractivity contribution >= 4 is 23.9 Å². The number of carbonyl (C=O) groups excluding carboxylic acids is 4. The van der Waals surface area contributed by atoms with Gasteiger partial charge in [-0.1, -0.05) is 0 Å². The summed E-state index contributed by atoms with van der Waals surface area (Å²) >= 11 is 0. The largest absolute Gasteiger partial charge is 0.454 e. The first-order valence-corrected chi connectivity index (χ1v) is 6.99. The summed E-state index contributed by atoms with van der Waals surface area (Å²) in [5.41, 5.74) is 0.515. The van der Waals surface area contributed by atoms with E-state index < -0.39 is 48.3 Å². The molecule has 1 aliphatic rings. The summed E-state index contributed by atoms with van der Waals surface area (Å²) in [6, 6.07) is 0. The third kappa shape index (κ3) is 5.39. The first-order valence-electron chi connectivity index (χ1n) is 6.99. The van der Waals surface area contributed by atoms with Gasteiger partial charge in [-0.2, -0.15) is 0 Å². The second-order valence-corrected chi connectivity index (χ2v) is 5.16. The van der Waals surface area contributed by atoms with Gasteiger partial charge in [-0.05, 0) is 18.6 Å². The van der Waals surface area contributed by atoms with Crippen molar-refractivity contribution in [2.75, 3.05) is 0 Å². The zero-order chi connectivity index (χ0) is 17.7. The lowest BCUT2D eigenvalue weighted by Gasteiger charge is -2.38. The van der Waals surface area contributed by atoms with E-state index in [1.54, 1.807) is 6.92 Å². The zero-order valence-corrected chi connectivity index (χ0v) is 13.7. The summed E-state index contributed by atoms with van der Waals surface area (Å²) in [4.78, 5) is 45.3. The van der Waals surface area contributed by atoms with Crippen molar-refractivity contribution in [2.45, 2.75) is 59.0 Å². The minimum absolute atomic E-state index is 0.515. The van der Waals surface area contributed by atoms with E-state index in [1.807, 2.05) is 0 Å². The van der Waals surface area contributed by atoms with Crippen LogP contribution in [-0.4, -0.2) is 48.3 Å². The Balaban J connectivity index is 3.25. The molecule has 128 valence electrons. The highest BCUT2D eigenvalue weighted by atomic mass is 16.6. The summed E-state index contributed by atoms with van der Waals surface area (Å²) in [7, 11) is 0. The monoisotopic (exact) mass is 328 g/mol. The highest BCUT2D eigenvalue weighted by molar-refractivity contribution is 5.69. The molecule has 0 radical (unpaired) electrons. The van der Waals surface area contributed by atoms with Gasteiger partial charge in [0.1, 0.15) is 0 Å². The molecule has 0 saturated carbocycles. The molecule has 0 bridgehead atoms. The van der Waals surface area contributed by atoms with E-state index in [-0.39, 0.29) is 0 Å². The van der Waals surface area contributed by atoms with Gasteiger partial charge in [-0.25, -0.2) is 0 Å². The molecule has 0 unspecified atom stereocenters. The van der Waals surface area contributed by atoms with Crippen molar-refractivity contribution in [2.24, 2.45) is 0 Å². The second kappa shape index (κ2) is 7.75. The van der Waals surface area contributed by atoms with Crippen molar-refractivity contribution in [1.82, 2.24) is 0 Å². The third-order valence-corrected chi connectivity index (χ3v) is 3.02. The molecule has 8 nitrogen and oxygen atoms in total. The smallest absolute Gasteiger partial charge is 0.303 e. The van der Waals surface area contributed by atoms with Gasteiger partial charge < -0.3 is 18.9 Å². The predicted molar refractivity (Wildman–Crippen MR) is 76.0 cm³/mol. The molecule has 0 aliphatic heterocycles. The highest BCUT2D eigenvalue weighted by Crippen LogP contribution is 2.29. The van der Waals surface area contributed by atoms with Crippen LogP contribution in [0.3, 0.4) is 0 Å². The summed E-state index contributed by atoms with van der Waals surface area (Å²) in [5, 5.41) is 0. The van der Waals surface area contributed by atoms with Crippen LogP contribution in [0.5, 0.6) is 0 Å². The van der Waals surface area contributed by atoms with E-state index in [0.717, 1.165) is 0 Å². The normalized spacial score (nSPS) is 26.6.